The zero-order valence-electron chi connectivity index (χ0n) is 13.5. The van der Waals surface area contributed by atoms with Gasteiger partial charge >= 0.3 is 5.97 Å². The molecule has 0 spiro atoms. The first-order valence-corrected chi connectivity index (χ1v) is 8.58. The molecule has 0 bridgehead atoms. The maximum Gasteiger partial charge on any atom is 0.309 e. The summed E-state index contributed by atoms with van der Waals surface area (Å²) in [6, 6.07) is 0. The highest BCUT2D eigenvalue weighted by Gasteiger charge is 2.25. The van der Waals surface area contributed by atoms with E-state index >= 15 is 0 Å². The quantitative estimate of drug-likeness (QED) is 0.448. The third kappa shape index (κ3) is 7.28. The van der Waals surface area contributed by atoms with Crippen molar-refractivity contribution < 1.29 is 9.53 Å². The Morgan fingerprint density at radius 3 is 2.40 bits per heavy atom. The number of carbonyl (C=O) groups excluding carboxylic acids is 1. The monoisotopic (exact) mass is 283 g/mol. The Morgan fingerprint density at radius 2 is 1.75 bits per heavy atom. The lowest BCUT2D eigenvalue weighted by Gasteiger charge is -2.31. The summed E-state index contributed by atoms with van der Waals surface area (Å²) in [5.74, 6) is 0.0911. The Kier molecular flexibility index (Phi) is 9.73. The largest absolute Gasteiger partial charge is 0.469 e. The second kappa shape index (κ2) is 11.1. The van der Waals surface area contributed by atoms with E-state index in [0.29, 0.717) is 0 Å². The molecule has 0 aliphatic carbocycles. The molecule has 1 atom stereocenters. The van der Waals surface area contributed by atoms with Crippen LogP contribution in [0.25, 0.3) is 0 Å². The molecule has 0 aromatic rings. The van der Waals surface area contributed by atoms with Crippen LogP contribution in [0.4, 0.5) is 0 Å². The van der Waals surface area contributed by atoms with E-state index in [1.165, 1.54) is 58.5 Å². The lowest BCUT2D eigenvalue weighted by Crippen LogP contribution is -2.39. The van der Waals surface area contributed by atoms with E-state index in [0.717, 1.165) is 32.5 Å². The fraction of sp³-hybridized carbons (Fsp3) is 0.941. The maximum absolute atomic E-state index is 11.6. The Balaban J connectivity index is 2.00. The van der Waals surface area contributed by atoms with Gasteiger partial charge in [0.2, 0.25) is 0 Å². The average molecular weight is 283 g/mol. The maximum atomic E-state index is 11.6. The number of hydrogen-bond donors (Lipinski definition) is 0. The van der Waals surface area contributed by atoms with E-state index in [1.54, 1.807) is 0 Å². The number of unbranched alkanes of at least 4 members (excludes halogenated alkanes) is 7. The van der Waals surface area contributed by atoms with Crippen molar-refractivity contribution in [3.8, 4) is 0 Å². The number of piperidine rings is 1. The van der Waals surface area contributed by atoms with Gasteiger partial charge in [0.05, 0.1) is 13.0 Å². The van der Waals surface area contributed by atoms with Crippen molar-refractivity contribution in [2.24, 2.45) is 5.92 Å². The van der Waals surface area contributed by atoms with Crippen molar-refractivity contribution in [1.29, 1.82) is 0 Å². The number of methoxy groups -OCH3 is 1. The van der Waals surface area contributed by atoms with Crippen LogP contribution in [-0.4, -0.2) is 37.6 Å². The molecule has 20 heavy (non-hydrogen) atoms. The Morgan fingerprint density at radius 1 is 1.10 bits per heavy atom. The van der Waals surface area contributed by atoms with E-state index in [2.05, 4.69) is 11.8 Å². The molecular weight excluding hydrogens is 250 g/mol. The molecule has 1 saturated heterocycles. The van der Waals surface area contributed by atoms with Crippen LogP contribution in [0.2, 0.25) is 0 Å². The van der Waals surface area contributed by atoms with Crippen LogP contribution in [-0.2, 0) is 9.53 Å². The summed E-state index contributed by atoms with van der Waals surface area (Å²) in [7, 11) is 1.50. The smallest absolute Gasteiger partial charge is 0.309 e. The number of nitrogens with zero attached hydrogens (tertiary/aromatic N) is 1. The number of ether oxygens (including phenoxy) is 1. The molecule has 1 fully saturated rings. The fourth-order valence-electron chi connectivity index (χ4n) is 3.09. The van der Waals surface area contributed by atoms with Crippen LogP contribution < -0.4 is 0 Å². The van der Waals surface area contributed by atoms with Gasteiger partial charge < -0.3 is 9.64 Å². The van der Waals surface area contributed by atoms with Crippen molar-refractivity contribution in [2.45, 2.75) is 71.1 Å². The zero-order valence-corrected chi connectivity index (χ0v) is 13.5. The summed E-state index contributed by atoms with van der Waals surface area (Å²) in [6.45, 7) is 5.48. The lowest BCUT2D eigenvalue weighted by molar-refractivity contribution is -0.147. The molecule has 1 rings (SSSR count). The number of likely N-dealkylation sites (tertiary alicyclic amines) is 1. The topological polar surface area (TPSA) is 29.5 Å². The number of hydrogen-bond acceptors (Lipinski definition) is 3. The molecule has 118 valence electrons. The Labute approximate surface area is 125 Å². The van der Waals surface area contributed by atoms with E-state index in [1.807, 2.05) is 0 Å². The van der Waals surface area contributed by atoms with Gasteiger partial charge in [0.15, 0.2) is 0 Å². The molecule has 1 aliphatic rings. The van der Waals surface area contributed by atoms with Crippen LogP contribution in [0, 0.1) is 5.92 Å². The average Bonchev–Trinajstić information content (AvgIpc) is 2.49. The first kappa shape index (κ1) is 17.5. The normalized spacial score (nSPS) is 20.0. The molecule has 0 unspecified atom stereocenters. The molecule has 0 N–H and O–H groups in total. The van der Waals surface area contributed by atoms with Gasteiger partial charge in [-0.15, -0.1) is 0 Å². The first-order chi connectivity index (χ1) is 9.77. The van der Waals surface area contributed by atoms with Crippen LogP contribution in [0.3, 0.4) is 0 Å². The molecule has 0 saturated carbocycles. The van der Waals surface area contributed by atoms with Crippen molar-refractivity contribution >= 4 is 5.97 Å². The molecule has 0 aromatic heterocycles. The number of esters is 1. The molecule has 1 aliphatic heterocycles. The van der Waals surface area contributed by atoms with Crippen molar-refractivity contribution in [2.75, 3.05) is 26.7 Å². The molecule has 3 heteroatoms. The third-order valence-electron chi connectivity index (χ3n) is 4.37. The van der Waals surface area contributed by atoms with Crippen LogP contribution in [0.15, 0.2) is 0 Å². The van der Waals surface area contributed by atoms with Gasteiger partial charge in [0, 0.05) is 6.54 Å². The Bertz CT molecular complexity index is 255. The SMILES string of the molecule is CCCCCCCCCCN1CCC[C@H](C(=O)OC)C1. The molecular formula is C17H33NO2. The highest BCUT2D eigenvalue weighted by molar-refractivity contribution is 5.72. The third-order valence-corrected chi connectivity index (χ3v) is 4.37. The molecule has 1 heterocycles. The van der Waals surface area contributed by atoms with Gasteiger partial charge in [0.1, 0.15) is 0 Å². The summed E-state index contributed by atoms with van der Waals surface area (Å²) in [5.41, 5.74) is 0. The summed E-state index contributed by atoms with van der Waals surface area (Å²) in [6.07, 6.45) is 13.1. The summed E-state index contributed by atoms with van der Waals surface area (Å²) < 4.78 is 4.86. The predicted molar refractivity (Wildman–Crippen MR) is 83.8 cm³/mol. The second-order valence-corrected chi connectivity index (χ2v) is 6.14. The van der Waals surface area contributed by atoms with Crippen molar-refractivity contribution in [3.63, 3.8) is 0 Å². The number of carbonyl (C=O) groups is 1. The van der Waals surface area contributed by atoms with Gasteiger partial charge in [0.25, 0.3) is 0 Å². The Hall–Kier alpha value is -0.570. The van der Waals surface area contributed by atoms with Gasteiger partial charge in [-0.25, -0.2) is 0 Å². The van der Waals surface area contributed by atoms with Gasteiger partial charge in [-0.3, -0.25) is 4.79 Å². The summed E-state index contributed by atoms with van der Waals surface area (Å²) in [5, 5.41) is 0. The van der Waals surface area contributed by atoms with Crippen molar-refractivity contribution in [3.05, 3.63) is 0 Å². The first-order valence-electron chi connectivity index (χ1n) is 8.58. The molecule has 0 aromatic carbocycles. The minimum absolute atomic E-state index is 0.0226. The van der Waals surface area contributed by atoms with E-state index < -0.39 is 0 Å². The van der Waals surface area contributed by atoms with E-state index in [-0.39, 0.29) is 11.9 Å². The minimum Gasteiger partial charge on any atom is -0.469 e. The highest BCUT2D eigenvalue weighted by atomic mass is 16.5. The van der Waals surface area contributed by atoms with Crippen LogP contribution >= 0.6 is 0 Å². The minimum atomic E-state index is -0.0226. The molecule has 0 amide bonds. The van der Waals surface area contributed by atoms with E-state index in [4.69, 9.17) is 4.74 Å². The van der Waals surface area contributed by atoms with Gasteiger partial charge in [-0.2, -0.15) is 0 Å². The predicted octanol–water partition coefficient (Wildman–Crippen LogP) is 4.01. The molecule has 3 nitrogen and oxygen atoms in total. The highest BCUT2D eigenvalue weighted by Crippen LogP contribution is 2.18. The zero-order chi connectivity index (χ0) is 14.6. The van der Waals surface area contributed by atoms with Crippen molar-refractivity contribution in [1.82, 2.24) is 4.90 Å². The number of rotatable bonds is 10. The van der Waals surface area contributed by atoms with Gasteiger partial charge in [-0.05, 0) is 32.4 Å². The van der Waals surface area contributed by atoms with Crippen LogP contribution in [0.1, 0.15) is 71.1 Å². The second-order valence-electron chi connectivity index (χ2n) is 6.14. The van der Waals surface area contributed by atoms with E-state index in [9.17, 15) is 4.79 Å². The lowest BCUT2D eigenvalue weighted by atomic mass is 9.98. The summed E-state index contributed by atoms with van der Waals surface area (Å²) >= 11 is 0. The molecule has 0 radical (unpaired) electrons. The van der Waals surface area contributed by atoms with Gasteiger partial charge in [-0.1, -0.05) is 51.9 Å². The standard InChI is InChI=1S/C17H33NO2/c1-3-4-5-6-7-8-9-10-13-18-14-11-12-16(15-18)17(19)20-2/h16H,3-15H2,1-2H3/t16-/m0/s1. The van der Waals surface area contributed by atoms with Crippen LogP contribution in [0.5, 0.6) is 0 Å². The summed E-state index contributed by atoms with van der Waals surface area (Å²) in [4.78, 5) is 14.0. The fourth-order valence-corrected chi connectivity index (χ4v) is 3.09.